The van der Waals surface area contributed by atoms with E-state index in [0.717, 1.165) is 11.3 Å². The van der Waals surface area contributed by atoms with Crippen molar-refractivity contribution in [2.24, 2.45) is 0 Å². The van der Waals surface area contributed by atoms with Gasteiger partial charge >= 0.3 is 0 Å². The lowest BCUT2D eigenvalue weighted by molar-refractivity contribution is -0.132. The van der Waals surface area contributed by atoms with Crippen LogP contribution in [0.5, 0.6) is 17.2 Å². The maximum atomic E-state index is 13.7. The highest BCUT2D eigenvalue weighted by atomic mass is 16.5. The van der Waals surface area contributed by atoms with E-state index in [-0.39, 0.29) is 18.4 Å². The molecule has 9 nitrogen and oxygen atoms in total. The summed E-state index contributed by atoms with van der Waals surface area (Å²) >= 11 is 0. The zero-order chi connectivity index (χ0) is 28.2. The monoisotopic (exact) mass is 538 g/mol. The van der Waals surface area contributed by atoms with E-state index in [1.165, 1.54) is 0 Å². The van der Waals surface area contributed by atoms with Gasteiger partial charge in [-0.25, -0.2) is 0 Å². The summed E-state index contributed by atoms with van der Waals surface area (Å²) in [6, 6.07) is 16.3. The van der Waals surface area contributed by atoms with Crippen LogP contribution >= 0.6 is 0 Å². The quantitative estimate of drug-likeness (QED) is 0.266. The van der Waals surface area contributed by atoms with E-state index < -0.39 is 0 Å². The molecule has 1 heterocycles. The number of benzene rings is 2. The van der Waals surface area contributed by atoms with Gasteiger partial charge in [0.15, 0.2) is 11.5 Å². The summed E-state index contributed by atoms with van der Waals surface area (Å²) in [6.07, 6.45) is 1.19. The van der Waals surface area contributed by atoms with Crippen molar-refractivity contribution in [2.45, 2.75) is 26.3 Å². The first kappa shape index (κ1) is 29.6. The van der Waals surface area contributed by atoms with Gasteiger partial charge in [0.2, 0.25) is 5.91 Å². The maximum absolute atomic E-state index is 13.7. The van der Waals surface area contributed by atoms with Crippen molar-refractivity contribution in [3.8, 4) is 17.2 Å². The van der Waals surface area contributed by atoms with Crippen LogP contribution in [0, 0.1) is 6.92 Å². The summed E-state index contributed by atoms with van der Waals surface area (Å²) in [5.74, 6) is 2.98. The summed E-state index contributed by atoms with van der Waals surface area (Å²) < 4.78 is 26.9. The molecule has 0 atom stereocenters. The number of hydrogen-bond donors (Lipinski definition) is 0. The van der Waals surface area contributed by atoms with Gasteiger partial charge in [-0.3, -0.25) is 9.59 Å². The minimum Gasteiger partial charge on any atom is -0.497 e. The number of carbonyl (C=O) groups is 2. The third kappa shape index (κ3) is 8.51. The number of ether oxygens (including phenoxy) is 4. The normalized spacial score (nSPS) is 10.7. The van der Waals surface area contributed by atoms with Crippen molar-refractivity contribution in [1.29, 1.82) is 0 Å². The average Bonchev–Trinajstić information content (AvgIpc) is 3.38. The molecule has 0 saturated heterocycles. The smallest absolute Gasteiger partial charge is 0.254 e. The SMILES string of the molecule is COCCCN(CC(=O)N(CCc1ccc(OC)c(OC)c1)Cc1ccc(C)o1)C(=O)c1ccc(OC)cc1. The van der Waals surface area contributed by atoms with Gasteiger partial charge in [-0.2, -0.15) is 0 Å². The molecule has 3 aromatic rings. The first-order valence-electron chi connectivity index (χ1n) is 12.8. The van der Waals surface area contributed by atoms with E-state index >= 15 is 0 Å². The summed E-state index contributed by atoms with van der Waals surface area (Å²) in [7, 11) is 6.37. The highest BCUT2D eigenvalue weighted by Crippen LogP contribution is 2.28. The van der Waals surface area contributed by atoms with Gasteiger partial charge in [0.1, 0.15) is 23.8 Å². The molecule has 0 spiro atoms. The van der Waals surface area contributed by atoms with Crippen molar-refractivity contribution in [1.82, 2.24) is 9.80 Å². The Morgan fingerprint density at radius 2 is 1.56 bits per heavy atom. The molecule has 0 aliphatic heterocycles. The second-order valence-corrected chi connectivity index (χ2v) is 9.07. The number of carbonyl (C=O) groups excluding carboxylic acids is 2. The highest BCUT2D eigenvalue weighted by molar-refractivity contribution is 5.96. The van der Waals surface area contributed by atoms with Gasteiger partial charge in [0.25, 0.3) is 5.91 Å². The second kappa shape index (κ2) is 14.8. The van der Waals surface area contributed by atoms with Crippen LogP contribution in [0.3, 0.4) is 0 Å². The molecule has 2 amide bonds. The molecule has 3 rings (SSSR count). The van der Waals surface area contributed by atoms with Crippen molar-refractivity contribution in [3.63, 3.8) is 0 Å². The molecule has 0 fully saturated rings. The van der Waals surface area contributed by atoms with Gasteiger partial charge in [0.05, 0.1) is 27.9 Å². The average molecular weight is 539 g/mol. The lowest BCUT2D eigenvalue weighted by Gasteiger charge is -2.27. The molecule has 0 N–H and O–H groups in total. The molecule has 39 heavy (non-hydrogen) atoms. The standard InChI is InChI=1S/C30H38N2O7/c1-22-7-11-26(39-22)20-31(17-15-23-8-14-27(37-4)28(19-23)38-5)29(33)21-32(16-6-18-35-2)30(34)24-9-12-25(36-3)13-10-24/h7-14,19H,6,15-18,20-21H2,1-5H3. The number of rotatable bonds is 15. The Kier molecular flexibility index (Phi) is 11.2. The van der Waals surface area contributed by atoms with Gasteiger partial charge < -0.3 is 33.2 Å². The molecular formula is C30H38N2O7. The minimum absolute atomic E-state index is 0.0692. The van der Waals surface area contributed by atoms with E-state index in [1.807, 2.05) is 37.3 Å². The molecule has 0 aliphatic rings. The van der Waals surface area contributed by atoms with Crippen molar-refractivity contribution < 1.29 is 33.0 Å². The Balaban J connectivity index is 1.79. The van der Waals surface area contributed by atoms with Crippen molar-refractivity contribution in [2.75, 3.05) is 54.7 Å². The Morgan fingerprint density at radius 3 is 2.18 bits per heavy atom. The molecule has 1 aromatic heterocycles. The number of hydrogen-bond acceptors (Lipinski definition) is 7. The van der Waals surface area contributed by atoms with Gasteiger partial charge in [0, 0.05) is 32.4 Å². The molecule has 2 aromatic carbocycles. The molecule has 0 saturated carbocycles. The van der Waals surface area contributed by atoms with E-state index in [0.29, 0.717) is 67.7 Å². The molecular weight excluding hydrogens is 500 g/mol. The van der Waals surface area contributed by atoms with Crippen LogP contribution in [0.15, 0.2) is 59.0 Å². The predicted molar refractivity (Wildman–Crippen MR) is 148 cm³/mol. The minimum atomic E-state index is -0.226. The Hall–Kier alpha value is -3.98. The third-order valence-corrected chi connectivity index (χ3v) is 6.34. The molecule has 0 radical (unpaired) electrons. The first-order valence-corrected chi connectivity index (χ1v) is 12.8. The highest BCUT2D eigenvalue weighted by Gasteiger charge is 2.23. The molecule has 0 bridgehead atoms. The Morgan fingerprint density at radius 1 is 0.821 bits per heavy atom. The largest absolute Gasteiger partial charge is 0.497 e. The Labute approximate surface area is 230 Å². The van der Waals surface area contributed by atoms with Crippen LogP contribution in [-0.2, 0) is 22.5 Å². The van der Waals surface area contributed by atoms with Crippen LogP contribution in [0.1, 0.15) is 33.9 Å². The van der Waals surface area contributed by atoms with Crippen LogP contribution < -0.4 is 14.2 Å². The fourth-order valence-corrected chi connectivity index (χ4v) is 4.18. The van der Waals surface area contributed by atoms with Gasteiger partial charge in [-0.1, -0.05) is 6.07 Å². The molecule has 9 heteroatoms. The fourth-order valence-electron chi connectivity index (χ4n) is 4.18. The fraction of sp³-hybridized carbons (Fsp3) is 0.400. The number of aryl methyl sites for hydroxylation is 1. The van der Waals surface area contributed by atoms with E-state index in [2.05, 4.69) is 0 Å². The summed E-state index contributed by atoms with van der Waals surface area (Å²) in [4.78, 5) is 30.4. The molecule has 0 unspecified atom stereocenters. The van der Waals surface area contributed by atoms with Crippen molar-refractivity contribution in [3.05, 3.63) is 77.2 Å². The molecule has 210 valence electrons. The maximum Gasteiger partial charge on any atom is 0.254 e. The number of furan rings is 1. The lowest BCUT2D eigenvalue weighted by atomic mass is 10.1. The van der Waals surface area contributed by atoms with Crippen LogP contribution in [0.25, 0.3) is 0 Å². The number of methoxy groups -OCH3 is 4. The topological polar surface area (TPSA) is 90.7 Å². The van der Waals surface area contributed by atoms with Gasteiger partial charge in [-0.15, -0.1) is 0 Å². The predicted octanol–water partition coefficient (Wildman–Crippen LogP) is 4.36. The summed E-state index contributed by atoms with van der Waals surface area (Å²) in [5.41, 5.74) is 1.48. The van der Waals surface area contributed by atoms with Gasteiger partial charge in [-0.05, 0) is 73.9 Å². The van der Waals surface area contributed by atoms with Crippen molar-refractivity contribution >= 4 is 11.8 Å². The third-order valence-electron chi connectivity index (χ3n) is 6.34. The second-order valence-electron chi connectivity index (χ2n) is 9.07. The zero-order valence-electron chi connectivity index (χ0n) is 23.4. The zero-order valence-corrected chi connectivity index (χ0v) is 23.4. The number of amides is 2. The van der Waals surface area contributed by atoms with Crippen LogP contribution in [0.4, 0.5) is 0 Å². The summed E-state index contributed by atoms with van der Waals surface area (Å²) in [6.45, 7) is 3.38. The first-order chi connectivity index (χ1) is 18.9. The summed E-state index contributed by atoms with van der Waals surface area (Å²) in [5, 5.41) is 0. The van der Waals surface area contributed by atoms with Crippen LogP contribution in [-0.4, -0.2) is 76.3 Å². The number of nitrogens with zero attached hydrogens (tertiary/aromatic N) is 2. The van der Waals surface area contributed by atoms with E-state index in [4.69, 9.17) is 23.4 Å². The lowest BCUT2D eigenvalue weighted by Crippen LogP contribution is -2.44. The Bertz CT molecular complexity index is 1210. The van der Waals surface area contributed by atoms with E-state index in [9.17, 15) is 9.59 Å². The van der Waals surface area contributed by atoms with E-state index in [1.54, 1.807) is 62.5 Å². The molecule has 0 aliphatic carbocycles. The van der Waals surface area contributed by atoms with Crippen LogP contribution in [0.2, 0.25) is 0 Å².